The Labute approximate surface area is 154 Å². The summed E-state index contributed by atoms with van der Waals surface area (Å²) in [6.07, 6.45) is 0.0886. The number of aromatic hydroxyl groups is 1. The van der Waals surface area contributed by atoms with E-state index in [0.29, 0.717) is 16.5 Å². The van der Waals surface area contributed by atoms with Crippen LogP contribution in [-0.4, -0.2) is 15.6 Å². The number of nitrogens with one attached hydrogen (secondary N) is 1. The van der Waals surface area contributed by atoms with Crippen molar-refractivity contribution >= 4 is 16.8 Å². The fourth-order valence-electron chi connectivity index (χ4n) is 2.85. The van der Waals surface area contributed by atoms with Crippen LogP contribution in [0.3, 0.4) is 0 Å². The van der Waals surface area contributed by atoms with Crippen LogP contribution in [0.15, 0.2) is 53.3 Å². The van der Waals surface area contributed by atoms with Gasteiger partial charge in [-0.1, -0.05) is 24.3 Å². The summed E-state index contributed by atoms with van der Waals surface area (Å²) in [5.41, 5.74) is 0.0481. The van der Waals surface area contributed by atoms with E-state index < -0.39 is 23.0 Å². The quantitative estimate of drug-likeness (QED) is 0.727. The van der Waals surface area contributed by atoms with Crippen molar-refractivity contribution in [2.24, 2.45) is 0 Å². The number of aromatic nitrogens is 1. The maximum Gasteiger partial charge on any atom is 0.267 e. The van der Waals surface area contributed by atoms with Crippen LogP contribution >= 0.6 is 0 Å². The summed E-state index contributed by atoms with van der Waals surface area (Å²) in [5.74, 6) is -1.53. The Morgan fingerprint density at radius 1 is 1.19 bits per heavy atom. The van der Waals surface area contributed by atoms with Crippen LogP contribution in [0.25, 0.3) is 10.9 Å². The molecule has 6 nitrogen and oxygen atoms in total. The van der Waals surface area contributed by atoms with Gasteiger partial charge in [0, 0.05) is 18.5 Å². The van der Waals surface area contributed by atoms with E-state index in [0.717, 1.165) is 0 Å². The zero-order chi connectivity index (χ0) is 19.4. The summed E-state index contributed by atoms with van der Waals surface area (Å²) >= 11 is 0. The van der Waals surface area contributed by atoms with Crippen LogP contribution < -0.4 is 10.9 Å². The van der Waals surface area contributed by atoms with Gasteiger partial charge in [0.2, 0.25) is 0 Å². The number of pyridine rings is 1. The monoisotopic (exact) mass is 365 g/mol. The van der Waals surface area contributed by atoms with E-state index in [1.807, 2.05) is 6.07 Å². The molecule has 1 aromatic heterocycles. The van der Waals surface area contributed by atoms with E-state index in [1.54, 1.807) is 24.3 Å². The summed E-state index contributed by atoms with van der Waals surface area (Å²) < 4.78 is 14.3. The molecule has 3 aromatic rings. The van der Waals surface area contributed by atoms with Crippen LogP contribution in [0.2, 0.25) is 0 Å². The molecule has 0 aliphatic carbocycles. The number of hydrogen-bond acceptors (Lipinski definition) is 4. The first-order valence-electron chi connectivity index (χ1n) is 8.27. The zero-order valence-electron chi connectivity index (χ0n) is 14.3. The fourth-order valence-corrected chi connectivity index (χ4v) is 2.85. The molecule has 2 aromatic carbocycles. The van der Waals surface area contributed by atoms with Gasteiger partial charge in [0.1, 0.15) is 17.1 Å². The SMILES string of the molecule is N#CCCn1c(=O)c(C(=O)NCc2ccc(F)cc2)c(O)c2ccccc21. The minimum absolute atomic E-state index is 0.0724. The largest absolute Gasteiger partial charge is 0.506 e. The highest BCUT2D eigenvalue weighted by atomic mass is 19.1. The second-order valence-electron chi connectivity index (χ2n) is 5.91. The summed E-state index contributed by atoms with van der Waals surface area (Å²) in [4.78, 5) is 25.4. The minimum atomic E-state index is -0.738. The number of para-hydroxylation sites is 1. The fraction of sp³-hybridized carbons (Fsp3) is 0.150. The lowest BCUT2D eigenvalue weighted by atomic mass is 10.1. The Bertz CT molecular complexity index is 1100. The third-order valence-electron chi connectivity index (χ3n) is 4.19. The standard InChI is InChI=1S/C20H16FN3O3/c21-14-8-6-13(7-9-14)12-23-19(26)17-18(25)15-4-1-2-5-16(15)24(20(17)27)11-3-10-22/h1-2,4-9,25H,3,11-12H2,(H,23,26). The van der Waals surface area contributed by atoms with Crippen LogP contribution in [-0.2, 0) is 13.1 Å². The Kier molecular flexibility index (Phi) is 5.18. The van der Waals surface area contributed by atoms with Crippen molar-refractivity contribution in [2.45, 2.75) is 19.5 Å². The number of carbonyl (C=O) groups is 1. The van der Waals surface area contributed by atoms with Crippen LogP contribution in [0, 0.1) is 17.1 Å². The van der Waals surface area contributed by atoms with E-state index in [9.17, 15) is 19.1 Å². The molecule has 0 aliphatic heterocycles. The lowest BCUT2D eigenvalue weighted by molar-refractivity contribution is 0.0946. The van der Waals surface area contributed by atoms with E-state index in [1.165, 1.54) is 28.8 Å². The molecular weight excluding hydrogens is 349 g/mol. The summed E-state index contributed by atoms with van der Waals surface area (Å²) in [5, 5.41) is 22.2. The van der Waals surface area contributed by atoms with E-state index >= 15 is 0 Å². The van der Waals surface area contributed by atoms with Crippen molar-refractivity contribution < 1.29 is 14.3 Å². The molecule has 0 saturated carbocycles. The number of benzene rings is 2. The highest BCUT2D eigenvalue weighted by Gasteiger charge is 2.21. The van der Waals surface area contributed by atoms with Crippen LogP contribution in [0.5, 0.6) is 5.75 Å². The van der Waals surface area contributed by atoms with Gasteiger partial charge in [-0.3, -0.25) is 9.59 Å². The van der Waals surface area contributed by atoms with Gasteiger partial charge in [-0.05, 0) is 29.8 Å². The molecule has 1 amide bonds. The molecule has 0 unspecified atom stereocenters. The Morgan fingerprint density at radius 2 is 1.89 bits per heavy atom. The molecule has 1 heterocycles. The molecule has 0 aliphatic rings. The average Bonchev–Trinajstić information content (AvgIpc) is 2.67. The van der Waals surface area contributed by atoms with Gasteiger partial charge in [0.25, 0.3) is 11.5 Å². The maximum atomic E-state index is 13.0. The van der Waals surface area contributed by atoms with Gasteiger partial charge < -0.3 is 15.0 Å². The van der Waals surface area contributed by atoms with E-state index in [4.69, 9.17) is 5.26 Å². The van der Waals surface area contributed by atoms with E-state index in [2.05, 4.69) is 5.32 Å². The summed E-state index contributed by atoms with van der Waals surface area (Å²) in [6.45, 7) is 0.178. The number of nitriles is 1. The number of rotatable bonds is 5. The molecule has 2 N–H and O–H groups in total. The average molecular weight is 365 g/mol. The molecule has 0 saturated heterocycles. The number of nitrogens with zero attached hydrogens (tertiary/aromatic N) is 2. The summed E-state index contributed by atoms with van der Waals surface area (Å²) in [6, 6.07) is 14.2. The highest BCUT2D eigenvalue weighted by Crippen LogP contribution is 2.26. The first kappa shape index (κ1) is 18.1. The molecule has 7 heteroatoms. The van der Waals surface area contributed by atoms with Crippen LogP contribution in [0.1, 0.15) is 22.3 Å². The lowest BCUT2D eigenvalue weighted by Crippen LogP contribution is -2.33. The number of aryl methyl sites for hydroxylation is 1. The predicted molar refractivity (Wildman–Crippen MR) is 97.7 cm³/mol. The Hall–Kier alpha value is -3.66. The van der Waals surface area contributed by atoms with Gasteiger partial charge in [0.05, 0.1) is 18.0 Å². The van der Waals surface area contributed by atoms with Crippen LogP contribution in [0.4, 0.5) is 4.39 Å². The molecular formula is C20H16FN3O3. The third-order valence-corrected chi connectivity index (χ3v) is 4.19. The van der Waals surface area contributed by atoms with Crippen molar-refractivity contribution in [3.63, 3.8) is 0 Å². The zero-order valence-corrected chi connectivity index (χ0v) is 14.3. The smallest absolute Gasteiger partial charge is 0.267 e. The molecule has 27 heavy (non-hydrogen) atoms. The molecule has 0 fully saturated rings. The number of fused-ring (bicyclic) bond motifs is 1. The second kappa shape index (κ2) is 7.70. The molecule has 136 valence electrons. The lowest BCUT2D eigenvalue weighted by Gasteiger charge is -2.14. The number of carbonyl (C=O) groups excluding carboxylic acids is 1. The topological polar surface area (TPSA) is 95.1 Å². The number of halogens is 1. The Balaban J connectivity index is 1.99. The van der Waals surface area contributed by atoms with Gasteiger partial charge >= 0.3 is 0 Å². The van der Waals surface area contributed by atoms with Gasteiger partial charge in [-0.15, -0.1) is 0 Å². The highest BCUT2D eigenvalue weighted by molar-refractivity contribution is 6.02. The maximum absolute atomic E-state index is 13.0. The predicted octanol–water partition coefficient (Wildman–Crippen LogP) is 2.69. The van der Waals surface area contributed by atoms with E-state index in [-0.39, 0.29) is 25.1 Å². The second-order valence-corrected chi connectivity index (χ2v) is 5.91. The Morgan fingerprint density at radius 3 is 2.59 bits per heavy atom. The minimum Gasteiger partial charge on any atom is -0.506 e. The molecule has 0 bridgehead atoms. The molecule has 0 radical (unpaired) electrons. The van der Waals surface area contributed by atoms with Crippen molar-refractivity contribution in [3.8, 4) is 11.8 Å². The number of hydrogen-bond donors (Lipinski definition) is 2. The van der Waals surface area contributed by atoms with Gasteiger partial charge in [-0.25, -0.2) is 4.39 Å². The van der Waals surface area contributed by atoms with Gasteiger partial charge in [-0.2, -0.15) is 5.26 Å². The molecule has 3 rings (SSSR count). The van der Waals surface area contributed by atoms with Crippen molar-refractivity contribution in [1.82, 2.24) is 9.88 Å². The first-order chi connectivity index (χ1) is 13.0. The molecule has 0 atom stereocenters. The normalized spacial score (nSPS) is 10.5. The number of amides is 1. The van der Waals surface area contributed by atoms with Crippen molar-refractivity contribution in [3.05, 3.63) is 75.8 Å². The third kappa shape index (κ3) is 3.65. The van der Waals surface area contributed by atoms with Crippen molar-refractivity contribution in [2.75, 3.05) is 0 Å². The van der Waals surface area contributed by atoms with Crippen molar-refractivity contribution in [1.29, 1.82) is 5.26 Å². The summed E-state index contributed by atoms with van der Waals surface area (Å²) in [7, 11) is 0. The molecule has 0 spiro atoms. The van der Waals surface area contributed by atoms with Gasteiger partial charge in [0.15, 0.2) is 0 Å². The first-order valence-corrected chi connectivity index (χ1v) is 8.27.